The SMILES string of the molecule is CC(=O)Nc1ccc(F)c(NC(=O)CC(c2ccccc2)c2ccccc2)c1. The summed E-state index contributed by atoms with van der Waals surface area (Å²) < 4.78 is 14.1. The van der Waals surface area contributed by atoms with Crippen molar-refractivity contribution in [2.75, 3.05) is 10.6 Å². The van der Waals surface area contributed by atoms with Gasteiger partial charge in [0.2, 0.25) is 11.8 Å². The molecule has 142 valence electrons. The van der Waals surface area contributed by atoms with Crippen LogP contribution in [0.3, 0.4) is 0 Å². The molecule has 3 aromatic rings. The Morgan fingerprint density at radius 1 is 0.857 bits per heavy atom. The van der Waals surface area contributed by atoms with Crippen LogP contribution >= 0.6 is 0 Å². The van der Waals surface area contributed by atoms with Crippen molar-refractivity contribution in [2.24, 2.45) is 0 Å². The Kier molecular flexibility index (Phi) is 6.17. The largest absolute Gasteiger partial charge is 0.326 e. The minimum Gasteiger partial charge on any atom is -0.326 e. The summed E-state index contributed by atoms with van der Waals surface area (Å²) >= 11 is 0. The van der Waals surface area contributed by atoms with Crippen molar-refractivity contribution in [3.8, 4) is 0 Å². The molecule has 0 aliphatic rings. The molecule has 0 spiro atoms. The van der Waals surface area contributed by atoms with E-state index in [4.69, 9.17) is 0 Å². The van der Waals surface area contributed by atoms with Crippen LogP contribution in [0.2, 0.25) is 0 Å². The molecule has 0 fully saturated rings. The van der Waals surface area contributed by atoms with Crippen LogP contribution in [0.1, 0.15) is 30.4 Å². The Balaban J connectivity index is 1.81. The molecular weight excluding hydrogens is 355 g/mol. The molecule has 0 unspecified atom stereocenters. The number of nitrogens with one attached hydrogen (secondary N) is 2. The average molecular weight is 376 g/mol. The topological polar surface area (TPSA) is 58.2 Å². The number of carbonyl (C=O) groups excluding carboxylic acids is 2. The zero-order valence-electron chi connectivity index (χ0n) is 15.5. The highest BCUT2D eigenvalue weighted by Crippen LogP contribution is 2.29. The number of hydrogen-bond donors (Lipinski definition) is 2. The van der Waals surface area contributed by atoms with E-state index < -0.39 is 5.82 Å². The first-order valence-corrected chi connectivity index (χ1v) is 9.00. The first-order chi connectivity index (χ1) is 13.5. The van der Waals surface area contributed by atoms with Gasteiger partial charge in [-0.15, -0.1) is 0 Å². The van der Waals surface area contributed by atoms with Gasteiger partial charge in [0.25, 0.3) is 0 Å². The Morgan fingerprint density at radius 3 is 1.96 bits per heavy atom. The van der Waals surface area contributed by atoms with Gasteiger partial charge < -0.3 is 10.6 Å². The standard InChI is InChI=1S/C23H21FN2O2/c1-16(27)25-19-12-13-21(24)22(14-19)26-23(28)15-20(17-8-4-2-5-9-17)18-10-6-3-7-11-18/h2-14,20H,15H2,1H3,(H,25,27)(H,26,28). The van der Waals surface area contributed by atoms with E-state index >= 15 is 0 Å². The number of anilines is 2. The van der Waals surface area contributed by atoms with Crippen LogP contribution in [0.4, 0.5) is 15.8 Å². The van der Waals surface area contributed by atoms with E-state index in [2.05, 4.69) is 10.6 Å². The van der Waals surface area contributed by atoms with Gasteiger partial charge in [-0.1, -0.05) is 60.7 Å². The normalized spacial score (nSPS) is 10.5. The van der Waals surface area contributed by atoms with Crippen LogP contribution in [-0.2, 0) is 9.59 Å². The molecule has 3 rings (SSSR count). The van der Waals surface area contributed by atoms with E-state index in [0.29, 0.717) is 5.69 Å². The summed E-state index contributed by atoms with van der Waals surface area (Å²) in [7, 11) is 0. The van der Waals surface area contributed by atoms with Crippen molar-refractivity contribution in [1.82, 2.24) is 0 Å². The Bertz CT molecular complexity index is 919. The second-order valence-corrected chi connectivity index (χ2v) is 6.50. The van der Waals surface area contributed by atoms with Gasteiger partial charge in [0.1, 0.15) is 5.82 Å². The summed E-state index contributed by atoms with van der Waals surface area (Å²) in [4.78, 5) is 23.9. The molecule has 0 aromatic heterocycles. The Hall–Kier alpha value is -3.47. The molecule has 5 heteroatoms. The van der Waals surface area contributed by atoms with Crippen LogP contribution in [-0.4, -0.2) is 11.8 Å². The molecule has 0 radical (unpaired) electrons. The van der Waals surface area contributed by atoms with Gasteiger partial charge in [-0.3, -0.25) is 9.59 Å². The molecule has 0 atom stereocenters. The minimum absolute atomic E-state index is 0.0381. The maximum Gasteiger partial charge on any atom is 0.225 e. The van der Waals surface area contributed by atoms with Gasteiger partial charge in [-0.25, -0.2) is 4.39 Å². The summed E-state index contributed by atoms with van der Waals surface area (Å²) in [6, 6.07) is 23.5. The van der Waals surface area contributed by atoms with Crippen molar-refractivity contribution >= 4 is 23.2 Å². The van der Waals surface area contributed by atoms with Gasteiger partial charge in [-0.05, 0) is 29.3 Å². The maximum atomic E-state index is 14.1. The molecule has 28 heavy (non-hydrogen) atoms. The van der Waals surface area contributed by atoms with E-state index in [1.807, 2.05) is 60.7 Å². The van der Waals surface area contributed by atoms with E-state index in [0.717, 1.165) is 11.1 Å². The molecule has 2 amide bonds. The Morgan fingerprint density at radius 2 is 1.43 bits per heavy atom. The van der Waals surface area contributed by atoms with Crippen LogP contribution in [0.25, 0.3) is 0 Å². The third-order valence-electron chi connectivity index (χ3n) is 4.35. The predicted molar refractivity (Wildman–Crippen MR) is 109 cm³/mol. The summed E-state index contributed by atoms with van der Waals surface area (Å²) in [6.45, 7) is 1.37. The fourth-order valence-electron chi connectivity index (χ4n) is 3.09. The first kappa shape index (κ1) is 19.3. The lowest BCUT2D eigenvalue weighted by atomic mass is 9.88. The van der Waals surface area contributed by atoms with Gasteiger partial charge >= 0.3 is 0 Å². The molecule has 2 N–H and O–H groups in total. The monoisotopic (exact) mass is 376 g/mol. The quantitative estimate of drug-likeness (QED) is 0.640. The van der Waals surface area contributed by atoms with E-state index in [1.165, 1.54) is 25.1 Å². The lowest BCUT2D eigenvalue weighted by molar-refractivity contribution is -0.116. The van der Waals surface area contributed by atoms with Gasteiger partial charge in [0, 0.05) is 24.9 Å². The van der Waals surface area contributed by atoms with Crippen LogP contribution < -0.4 is 10.6 Å². The minimum atomic E-state index is -0.557. The van der Waals surface area contributed by atoms with Crippen molar-refractivity contribution in [3.05, 3.63) is 95.8 Å². The zero-order chi connectivity index (χ0) is 19.9. The van der Waals surface area contributed by atoms with E-state index in [-0.39, 0.29) is 29.8 Å². The fourth-order valence-corrected chi connectivity index (χ4v) is 3.09. The molecular formula is C23H21FN2O2. The number of halogens is 1. The van der Waals surface area contributed by atoms with Crippen molar-refractivity contribution in [2.45, 2.75) is 19.3 Å². The molecule has 0 bridgehead atoms. The molecule has 0 aliphatic heterocycles. The first-order valence-electron chi connectivity index (χ1n) is 9.00. The summed E-state index contributed by atoms with van der Waals surface area (Å²) in [5, 5.41) is 5.21. The predicted octanol–water partition coefficient (Wildman–Crippen LogP) is 4.94. The molecule has 3 aromatic carbocycles. The van der Waals surface area contributed by atoms with Crippen LogP contribution in [0.5, 0.6) is 0 Å². The van der Waals surface area contributed by atoms with Crippen molar-refractivity contribution in [3.63, 3.8) is 0 Å². The second-order valence-electron chi connectivity index (χ2n) is 6.50. The fraction of sp³-hybridized carbons (Fsp3) is 0.130. The molecule has 0 saturated heterocycles. The number of rotatable bonds is 6. The summed E-state index contributed by atoms with van der Waals surface area (Å²) in [6.07, 6.45) is 0.165. The Labute approximate surface area is 163 Å². The lowest BCUT2D eigenvalue weighted by Gasteiger charge is -2.18. The molecule has 0 saturated carbocycles. The number of carbonyl (C=O) groups is 2. The number of benzene rings is 3. The highest BCUT2D eigenvalue weighted by molar-refractivity contribution is 5.94. The van der Waals surface area contributed by atoms with Gasteiger partial charge in [-0.2, -0.15) is 0 Å². The van der Waals surface area contributed by atoms with Gasteiger partial charge in [0.15, 0.2) is 0 Å². The van der Waals surface area contributed by atoms with E-state index in [9.17, 15) is 14.0 Å². The van der Waals surface area contributed by atoms with Crippen LogP contribution in [0.15, 0.2) is 78.9 Å². The third-order valence-corrected chi connectivity index (χ3v) is 4.35. The maximum absolute atomic E-state index is 14.1. The third kappa shape index (κ3) is 5.04. The molecule has 0 aliphatic carbocycles. The van der Waals surface area contributed by atoms with Crippen LogP contribution in [0, 0.1) is 5.82 Å². The van der Waals surface area contributed by atoms with E-state index in [1.54, 1.807) is 0 Å². The number of hydrogen-bond acceptors (Lipinski definition) is 2. The summed E-state index contributed by atoms with van der Waals surface area (Å²) in [5.74, 6) is -1.28. The molecule has 0 heterocycles. The summed E-state index contributed by atoms with van der Waals surface area (Å²) in [5.41, 5.74) is 2.48. The van der Waals surface area contributed by atoms with Crippen molar-refractivity contribution < 1.29 is 14.0 Å². The highest BCUT2D eigenvalue weighted by Gasteiger charge is 2.19. The zero-order valence-corrected chi connectivity index (χ0v) is 15.5. The smallest absolute Gasteiger partial charge is 0.225 e. The second kappa shape index (κ2) is 8.95. The van der Waals surface area contributed by atoms with Gasteiger partial charge in [0.05, 0.1) is 5.69 Å². The number of amides is 2. The highest BCUT2D eigenvalue weighted by atomic mass is 19.1. The molecule has 4 nitrogen and oxygen atoms in total. The average Bonchev–Trinajstić information content (AvgIpc) is 2.69. The van der Waals surface area contributed by atoms with Crippen molar-refractivity contribution in [1.29, 1.82) is 0 Å². The lowest BCUT2D eigenvalue weighted by Crippen LogP contribution is -2.17.